The van der Waals surface area contributed by atoms with E-state index in [-0.39, 0.29) is 24.5 Å². The first-order valence-corrected chi connectivity index (χ1v) is 7.18. The van der Waals surface area contributed by atoms with Crippen LogP contribution in [-0.2, 0) is 11.2 Å². The Hall–Kier alpha value is -1.14. The van der Waals surface area contributed by atoms with Gasteiger partial charge in [-0.2, -0.15) is 11.8 Å². The van der Waals surface area contributed by atoms with Gasteiger partial charge in [-0.15, -0.1) is 0 Å². The molecule has 0 spiro atoms. The summed E-state index contributed by atoms with van der Waals surface area (Å²) in [6.07, 6.45) is 0.646. The Morgan fingerprint density at radius 2 is 2.11 bits per heavy atom. The maximum Gasteiger partial charge on any atom is 0.224 e. The molecule has 0 atom stereocenters. The number of thioether (sulfide) groups is 1. The molecule has 1 aromatic rings. The second-order valence-corrected chi connectivity index (χ2v) is 5.18. The van der Waals surface area contributed by atoms with Gasteiger partial charge in [0.05, 0.1) is 6.42 Å². The van der Waals surface area contributed by atoms with Crippen molar-refractivity contribution in [1.29, 1.82) is 0 Å². The number of carbonyl (C=O) groups excluding carboxylic acids is 1. The number of hydrogen-bond acceptors (Lipinski definition) is 3. The van der Waals surface area contributed by atoms with Gasteiger partial charge in [-0.1, -0.05) is 6.07 Å². The van der Waals surface area contributed by atoms with Crippen molar-refractivity contribution in [3.63, 3.8) is 0 Å². The fraction of sp³-hybridized carbons (Fsp3) is 0.462. The molecule has 0 aromatic heterocycles. The largest absolute Gasteiger partial charge is 0.396 e. The van der Waals surface area contributed by atoms with Crippen LogP contribution in [0.15, 0.2) is 18.2 Å². The highest BCUT2D eigenvalue weighted by molar-refractivity contribution is 7.99. The third-order valence-electron chi connectivity index (χ3n) is 2.38. The van der Waals surface area contributed by atoms with E-state index in [0.717, 1.165) is 30.1 Å². The summed E-state index contributed by atoms with van der Waals surface area (Å²) in [7, 11) is 0. The van der Waals surface area contributed by atoms with Crippen LogP contribution in [0.4, 0.5) is 8.78 Å². The summed E-state index contributed by atoms with van der Waals surface area (Å²) in [6, 6.07) is 3.18. The molecule has 2 N–H and O–H groups in total. The second kappa shape index (κ2) is 8.87. The zero-order valence-corrected chi connectivity index (χ0v) is 11.3. The van der Waals surface area contributed by atoms with Gasteiger partial charge < -0.3 is 10.4 Å². The second-order valence-electron chi connectivity index (χ2n) is 3.95. The molecular weight excluding hydrogens is 272 g/mol. The third-order valence-corrected chi connectivity index (χ3v) is 3.45. The summed E-state index contributed by atoms with van der Waals surface area (Å²) >= 11 is 1.63. The first-order valence-electron chi connectivity index (χ1n) is 6.02. The van der Waals surface area contributed by atoms with Crippen molar-refractivity contribution < 1.29 is 18.7 Å². The smallest absolute Gasteiger partial charge is 0.224 e. The van der Waals surface area contributed by atoms with E-state index in [9.17, 15) is 13.6 Å². The molecule has 0 aliphatic carbocycles. The maximum atomic E-state index is 13.3. The van der Waals surface area contributed by atoms with Gasteiger partial charge in [-0.25, -0.2) is 8.78 Å². The van der Waals surface area contributed by atoms with Crippen molar-refractivity contribution in [1.82, 2.24) is 5.32 Å². The van der Waals surface area contributed by atoms with Crippen LogP contribution >= 0.6 is 11.8 Å². The average Bonchev–Trinajstić information content (AvgIpc) is 2.37. The number of benzene rings is 1. The Bertz CT molecular complexity index is 416. The summed E-state index contributed by atoms with van der Waals surface area (Å²) in [6.45, 7) is 0.668. The van der Waals surface area contributed by atoms with Gasteiger partial charge in [-0.05, 0) is 23.8 Å². The number of aliphatic hydroxyl groups excluding tert-OH is 1. The zero-order chi connectivity index (χ0) is 14.1. The predicted octanol–water partition coefficient (Wildman–Crippen LogP) is 1.74. The number of nitrogens with one attached hydrogen (secondary N) is 1. The molecule has 19 heavy (non-hydrogen) atoms. The fourth-order valence-electron chi connectivity index (χ4n) is 1.43. The molecular formula is C13H17F2NO2S. The molecule has 0 aliphatic heterocycles. The molecule has 0 aliphatic rings. The molecule has 1 rings (SSSR count). The lowest BCUT2D eigenvalue weighted by molar-refractivity contribution is -0.120. The molecule has 6 heteroatoms. The van der Waals surface area contributed by atoms with Crippen molar-refractivity contribution in [2.45, 2.75) is 12.8 Å². The van der Waals surface area contributed by atoms with E-state index >= 15 is 0 Å². The van der Waals surface area contributed by atoms with Gasteiger partial charge in [-0.3, -0.25) is 4.79 Å². The summed E-state index contributed by atoms with van der Waals surface area (Å²) in [5.41, 5.74) is 0.187. The highest BCUT2D eigenvalue weighted by Gasteiger charge is 2.08. The summed E-state index contributed by atoms with van der Waals surface area (Å²) < 4.78 is 26.0. The Morgan fingerprint density at radius 1 is 1.32 bits per heavy atom. The number of hydrogen-bond donors (Lipinski definition) is 2. The minimum atomic E-state index is -0.701. The monoisotopic (exact) mass is 289 g/mol. The van der Waals surface area contributed by atoms with Gasteiger partial charge in [0.1, 0.15) is 11.6 Å². The van der Waals surface area contributed by atoms with Crippen molar-refractivity contribution in [2.75, 3.05) is 24.7 Å². The molecule has 0 saturated carbocycles. The summed E-state index contributed by atoms with van der Waals surface area (Å²) in [5.74, 6) is -0.0426. The predicted molar refractivity (Wildman–Crippen MR) is 72.1 cm³/mol. The zero-order valence-electron chi connectivity index (χ0n) is 10.5. The molecule has 0 radical (unpaired) electrons. The molecule has 0 saturated heterocycles. The summed E-state index contributed by atoms with van der Waals surface area (Å²) in [5, 5.41) is 11.2. The van der Waals surface area contributed by atoms with Crippen molar-refractivity contribution >= 4 is 17.7 Å². The topological polar surface area (TPSA) is 49.3 Å². The first-order chi connectivity index (χ1) is 9.13. The number of aliphatic hydroxyl groups is 1. The Labute approximate surface area is 115 Å². The van der Waals surface area contributed by atoms with Gasteiger partial charge in [0.2, 0.25) is 5.91 Å². The van der Waals surface area contributed by atoms with Gasteiger partial charge >= 0.3 is 0 Å². The van der Waals surface area contributed by atoms with Crippen LogP contribution in [0.25, 0.3) is 0 Å². The van der Waals surface area contributed by atoms with Crippen LogP contribution in [-0.4, -0.2) is 35.7 Å². The van der Waals surface area contributed by atoms with Crippen LogP contribution in [0, 0.1) is 11.6 Å². The van der Waals surface area contributed by atoms with E-state index < -0.39 is 11.6 Å². The molecule has 0 bridgehead atoms. The van der Waals surface area contributed by atoms with E-state index in [4.69, 9.17) is 5.11 Å². The lowest BCUT2D eigenvalue weighted by Crippen LogP contribution is -2.27. The molecule has 0 heterocycles. The van der Waals surface area contributed by atoms with Crippen LogP contribution in [0.1, 0.15) is 12.0 Å². The lowest BCUT2D eigenvalue weighted by atomic mass is 10.1. The number of amides is 1. The Balaban J connectivity index is 2.23. The van der Waals surface area contributed by atoms with E-state index in [0.29, 0.717) is 6.54 Å². The minimum absolute atomic E-state index is 0.0899. The quantitative estimate of drug-likeness (QED) is 0.717. The van der Waals surface area contributed by atoms with Crippen LogP contribution in [0.3, 0.4) is 0 Å². The Kier molecular flexibility index (Phi) is 7.43. The van der Waals surface area contributed by atoms with E-state index in [1.807, 2.05) is 0 Å². The van der Waals surface area contributed by atoms with Crippen LogP contribution in [0.2, 0.25) is 0 Å². The summed E-state index contributed by atoms with van der Waals surface area (Å²) in [4.78, 5) is 11.5. The van der Waals surface area contributed by atoms with Gasteiger partial charge in [0.25, 0.3) is 0 Å². The number of carbonyl (C=O) groups is 1. The molecule has 106 valence electrons. The van der Waals surface area contributed by atoms with Crippen molar-refractivity contribution in [2.24, 2.45) is 0 Å². The SMILES string of the molecule is O=C(Cc1ccc(F)cc1F)NCCSCCCO. The molecule has 0 fully saturated rings. The van der Waals surface area contributed by atoms with Crippen LogP contribution in [0.5, 0.6) is 0 Å². The minimum Gasteiger partial charge on any atom is -0.396 e. The molecule has 3 nitrogen and oxygen atoms in total. The van der Waals surface area contributed by atoms with Crippen molar-refractivity contribution in [3.8, 4) is 0 Å². The lowest BCUT2D eigenvalue weighted by Gasteiger charge is -2.06. The average molecular weight is 289 g/mol. The van der Waals surface area contributed by atoms with E-state index in [2.05, 4.69) is 5.32 Å². The molecule has 1 aromatic carbocycles. The van der Waals surface area contributed by atoms with Gasteiger partial charge in [0, 0.05) is 25.0 Å². The standard InChI is InChI=1S/C13H17F2NO2S/c14-11-3-2-10(12(15)9-11)8-13(18)16-4-7-19-6-1-5-17/h2-3,9,17H,1,4-8H2,(H,16,18). The van der Waals surface area contributed by atoms with E-state index in [1.165, 1.54) is 6.07 Å². The highest BCUT2D eigenvalue weighted by atomic mass is 32.2. The van der Waals surface area contributed by atoms with Gasteiger partial charge in [0.15, 0.2) is 0 Å². The molecule has 0 unspecified atom stereocenters. The van der Waals surface area contributed by atoms with E-state index in [1.54, 1.807) is 11.8 Å². The van der Waals surface area contributed by atoms with Crippen molar-refractivity contribution in [3.05, 3.63) is 35.4 Å². The molecule has 1 amide bonds. The number of rotatable bonds is 8. The highest BCUT2D eigenvalue weighted by Crippen LogP contribution is 2.10. The number of halogens is 2. The van der Waals surface area contributed by atoms with Crippen LogP contribution < -0.4 is 5.32 Å². The Morgan fingerprint density at radius 3 is 2.79 bits per heavy atom. The maximum absolute atomic E-state index is 13.3. The first kappa shape index (κ1) is 15.9. The fourth-order valence-corrected chi connectivity index (χ4v) is 2.22. The normalized spacial score (nSPS) is 10.5. The third kappa shape index (κ3) is 6.54.